The van der Waals surface area contributed by atoms with Crippen molar-refractivity contribution in [1.29, 1.82) is 0 Å². The van der Waals surface area contributed by atoms with E-state index in [0.717, 1.165) is 28.1 Å². The van der Waals surface area contributed by atoms with Crippen LogP contribution >= 0.6 is 0 Å². The Labute approximate surface area is 117 Å². The second kappa shape index (κ2) is 6.89. The molecule has 0 fully saturated rings. The lowest BCUT2D eigenvalue weighted by Gasteiger charge is -2.13. The lowest BCUT2D eigenvalue weighted by Crippen LogP contribution is -1.95. The predicted molar refractivity (Wildman–Crippen MR) is 86.4 cm³/mol. The van der Waals surface area contributed by atoms with E-state index >= 15 is 0 Å². The molecule has 0 unspecified atom stereocenters. The third kappa shape index (κ3) is 4.06. The fourth-order valence-electron chi connectivity index (χ4n) is 1.83. The minimum absolute atomic E-state index is 1.02. The van der Waals surface area contributed by atoms with Crippen LogP contribution in [0, 0.1) is 0 Å². The molecule has 1 aromatic rings. The van der Waals surface area contributed by atoms with Crippen LogP contribution in [0.2, 0.25) is 0 Å². The molecule has 100 valence electrons. The van der Waals surface area contributed by atoms with Crippen molar-refractivity contribution in [3.05, 3.63) is 65.4 Å². The zero-order chi connectivity index (χ0) is 14.4. The van der Waals surface area contributed by atoms with E-state index in [1.54, 1.807) is 0 Å². The van der Waals surface area contributed by atoms with Gasteiger partial charge in [0, 0.05) is 11.3 Å². The normalized spacial score (nSPS) is 12.8. The minimum atomic E-state index is 1.02. The second-order valence-corrected chi connectivity index (χ2v) is 4.88. The molecule has 0 atom stereocenters. The van der Waals surface area contributed by atoms with Crippen molar-refractivity contribution in [2.24, 2.45) is 4.99 Å². The highest BCUT2D eigenvalue weighted by Crippen LogP contribution is 2.29. The monoisotopic (exact) mass is 253 g/mol. The summed E-state index contributed by atoms with van der Waals surface area (Å²) in [4.78, 5) is 4.71. The molecule has 1 nitrogen and oxygen atoms in total. The molecule has 1 rings (SSSR count). The maximum atomic E-state index is 4.71. The van der Waals surface area contributed by atoms with Gasteiger partial charge in [-0.05, 0) is 45.8 Å². The Balaban J connectivity index is 3.45. The van der Waals surface area contributed by atoms with Gasteiger partial charge in [-0.2, -0.15) is 0 Å². The van der Waals surface area contributed by atoms with Gasteiger partial charge in [0.25, 0.3) is 0 Å². The van der Waals surface area contributed by atoms with Crippen molar-refractivity contribution < 1.29 is 0 Å². The smallest absolute Gasteiger partial charge is 0.0735 e. The fourth-order valence-corrected chi connectivity index (χ4v) is 1.83. The molecule has 0 heterocycles. The molecule has 0 spiro atoms. The summed E-state index contributed by atoms with van der Waals surface area (Å²) >= 11 is 0. The molecule has 0 N–H and O–H groups in total. The van der Waals surface area contributed by atoms with E-state index < -0.39 is 0 Å². The molecule has 0 aliphatic heterocycles. The van der Waals surface area contributed by atoms with Gasteiger partial charge in [-0.1, -0.05) is 48.6 Å². The molecule has 1 heteroatoms. The Morgan fingerprint density at radius 2 is 1.63 bits per heavy atom. The van der Waals surface area contributed by atoms with Crippen molar-refractivity contribution >= 4 is 11.3 Å². The van der Waals surface area contributed by atoms with Gasteiger partial charge in [0.15, 0.2) is 0 Å². The minimum Gasteiger partial charge on any atom is -0.258 e. The highest BCUT2D eigenvalue weighted by atomic mass is 14.8. The summed E-state index contributed by atoms with van der Waals surface area (Å²) in [5, 5.41) is 0. The maximum absolute atomic E-state index is 4.71. The molecular formula is C18H23N. The van der Waals surface area contributed by atoms with Crippen molar-refractivity contribution in [2.45, 2.75) is 34.6 Å². The van der Waals surface area contributed by atoms with Gasteiger partial charge in [-0.3, -0.25) is 4.99 Å². The first-order valence-electron chi connectivity index (χ1n) is 6.58. The van der Waals surface area contributed by atoms with E-state index in [-0.39, 0.29) is 0 Å². The van der Waals surface area contributed by atoms with E-state index in [9.17, 15) is 0 Å². The number of aliphatic imine (C=N–C) groups is 1. The maximum Gasteiger partial charge on any atom is 0.0735 e. The molecule has 0 bridgehead atoms. The number of allylic oxidation sites excluding steroid dienone is 4. The average molecular weight is 253 g/mol. The number of nitrogens with zero attached hydrogens (tertiary/aromatic N) is 1. The number of hydrogen-bond donors (Lipinski definition) is 0. The quantitative estimate of drug-likeness (QED) is 0.502. The summed E-state index contributed by atoms with van der Waals surface area (Å²) in [5.74, 6) is 0. The third-order valence-electron chi connectivity index (χ3n) is 2.96. The number of rotatable bonds is 4. The van der Waals surface area contributed by atoms with Crippen LogP contribution in [0.5, 0.6) is 0 Å². The lowest BCUT2D eigenvalue weighted by atomic mass is 9.97. The molecular weight excluding hydrogens is 230 g/mol. The van der Waals surface area contributed by atoms with E-state index in [4.69, 9.17) is 4.99 Å². The molecule has 0 radical (unpaired) electrons. The molecule has 0 saturated heterocycles. The van der Waals surface area contributed by atoms with Crippen LogP contribution in [0.15, 0.2) is 64.8 Å². The van der Waals surface area contributed by atoms with E-state index in [1.807, 2.05) is 26.8 Å². The third-order valence-corrected chi connectivity index (χ3v) is 2.96. The van der Waals surface area contributed by atoms with Crippen LogP contribution in [0.25, 0.3) is 5.57 Å². The van der Waals surface area contributed by atoms with Crippen LogP contribution in [0.1, 0.15) is 40.2 Å². The fraction of sp³-hybridized carbons (Fsp3) is 0.278. The largest absolute Gasteiger partial charge is 0.258 e. The van der Waals surface area contributed by atoms with Gasteiger partial charge in [0.05, 0.1) is 5.70 Å². The Hall–Kier alpha value is -1.89. The van der Waals surface area contributed by atoms with E-state index in [1.165, 1.54) is 5.56 Å². The SMILES string of the molecule is C=C(C)/C(C)=C(N=C(C)C)/C(=C\C)c1ccccc1. The molecule has 19 heavy (non-hydrogen) atoms. The second-order valence-electron chi connectivity index (χ2n) is 4.88. The highest BCUT2D eigenvalue weighted by molar-refractivity contribution is 5.87. The average Bonchev–Trinajstić information content (AvgIpc) is 2.38. The van der Waals surface area contributed by atoms with E-state index in [0.29, 0.717) is 0 Å². The van der Waals surface area contributed by atoms with Crippen LogP contribution in [-0.4, -0.2) is 5.71 Å². The highest BCUT2D eigenvalue weighted by Gasteiger charge is 2.10. The number of hydrogen-bond acceptors (Lipinski definition) is 1. The lowest BCUT2D eigenvalue weighted by molar-refractivity contribution is 1.24. The van der Waals surface area contributed by atoms with Gasteiger partial charge in [-0.15, -0.1) is 0 Å². The van der Waals surface area contributed by atoms with Crippen LogP contribution in [-0.2, 0) is 0 Å². The van der Waals surface area contributed by atoms with Crippen LogP contribution in [0.4, 0.5) is 0 Å². The summed E-state index contributed by atoms with van der Waals surface area (Å²) in [6, 6.07) is 10.4. The van der Waals surface area contributed by atoms with Gasteiger partial charge < -0.3 is 0 Å². The topological polar surface area (TPSA) is 12.4 Å². The Kier molecular flexibility index (Phi) is 5.50. The van der Waals surface area contributed by atoms with Crippen LogP contribution in [0.3, 0.4) is 0 Å². The standard InChI is InChI=1S/C18H23N/c1-7-17(16-11-9-8-10-12-16)18(19-14(4)5)15(6)13(2)3/h7-12H,2H2,1,3-6H3/b17-7-,18-15-. The van der Waals surface area contributed by atoms with Gasteiger partial charge >= 0.3 is 0 Å². The zero-order valence-corrected chi connectivity index (χ0v) is 12.6. The summed E-state index contributed by atoms with van der Waals surface area (Å²) in [6.45, 7) is 14.2. The molecule has 0 aromatic heterocycles. The molecule has 0 aliphatic carbocycles. The Morgan fingerprint density at radius 3 is 2.05 bits per heavy atom. The van der Waals surface area contributed by atoms with Gasteiger partial charge in [0.2, 0.25) is 0 Å². The molecule has 1 aromatic carbocycles. The number of benzene rings is 1. The van der Waals surface area contributed by atoms with Crippen LogP contribution < -0.4 is 0 Å². The first kappa shape index (κ1) is 15.2. The van der Waals surface area contributed by atoms with Crippen molar-refractivity contribution in [3.8, 4) is 0 Å². The van der Waals surface area contributed by atoms with Gasteiger partial charge in [-0.25, -0.2) is 0 Å². The van der Waals surface area contributed by atoms with Gasteiger partial charge in [0.1, 0.15) is 0 Å². The first-order chi connectivity index (χ1) is 8.97. The molecule has 0 saturated carbocycles. The summed E-state index contributed by atoms with van der Waals surface area (Å²) in [6.07, 6.45) is 2.11. The Morgan fingerprint density at radius 1 is 1.05 bits per heavy atom. The predicted octanol–water partition coefficient (Wildman–Crippen LogP) is 5.42. The van der Waals surface area contributed by atoms with Crippen molar-refractivity contribution in [1.82, 2.24) is 0 Å². The summed E-state index contributed by atoms with van der Waals surface area (Å²) in [5.41, 5.74) is 6.59. The van der Waals surface area contributed by atoms with E-state index in [2.05, 4.69) is 50.8 Å². The molecule has 0 amide bonds. The van der Waals surface area contributed by atoms with Crippen molar-refractivity contribution in [2.75, 3.05) is 0 Å². The zero-order valence-electron chi connectivity index (χ0n) is 12.6. The molecule has 0 aliphatic rings. The van der Waals surface area contributed by atoms with Crippen molar-refractivity contribution in [3.63, 3.8) is 0 Å². The summed E-state index contributed by atoms with van der Waals surface area (Å²) < 4.78 is 0. The first-order valence-corrected chi connectivity index (χ1v) is 6.58. The Bertz CT molecular complexity index is 538. The summed E-state index contributed by atoms with van der Waals surface area (Å²) in [7, 11) is 0.